The van der Waals surface area contributed by atoms with Gasteiger partial charge in [0.05, 0.1) is 17.2 Å². The van der Waals surface area contributed by atoms with Crippen molar-refractivity contribution >= 4 is 17.9 Å². The first kappa shape index (κ1) is 22.5. The number of aromatic hydroxyl groups is 1. The highest BCUT2D eigenvalue weighted by Gasteiger charge is 2.11. The van der Waals surface area contributed by atoms with Crippen LogP contribution in [0.25, 0.3) is 11.1 Å². The minimum absolute atomic E-state index is 0.00549. The summed E-state index contributed by atoms with van der Waals surface area (Å²) in [7, 11) is 0. The fourth-order valence-corrected chi connectivity index (χ4v) is 3.13. The van der Waals surface area contributed by atoms with E-state index in [0.717, 1.165) is 27.8 Å². The number of carbonyl (C=O) groups is 1. The van der Waals surface area contributed by atoms with Crippen molar-refractivity contribution in [2.75, 3.05) is 0 Å². The summed E-state index contributed by atoms with van der Waals surface area (Å²) >= 11 is 6.13. The van der Waals surface area contributed by atoms with Gasteiger partial charge in [0.15, 0.2) is 6.29 Å². The largest absolute Gasteiger partial charge is 0.507 e. The summed E-state index contributed by atoms with van der Waals surface area (Å²) in [4.78, 5) is 10.9. The molecule has 3 aromatic carbocycles. The third-order valence-electron chi connectivity index (χ3n) is 4.46. The summed E-state index contributed by atoms with van der Waals surface area (Å²) in [6.07, 6.45) is 0.541. The zero-order chi connectivity index (χ0) is 21.4. The Kier molecular flexibility index (Phi) is 8.25. The van der Waals surface area contributed by atoms with E-state index in [0.29, 0.717) is 12.0 Å². The monoisotopic (exact) mass is 412 g/mol. The van der Waals surface area contributed by atoms with Gasteiger partial charge in [-0.2, -0.15) is 0 Å². The van der Waals surface area contributed by atoms with Crippen molar-refractivity contribution in [3.05, 3.63) is 81.9 Å². The van der Waals surface area contributed by atoms with Crippen LogP contribution in [0.15, 0.2) is 54.6 Å². The standard InChI is InChI=1S/C22H19ClO4.C2H6/c1-14-17(13-27-22-10-21(26)18(12-25)9-20(22)23)6-3-7-19(14)16-5-2-4-15(8-16)11-24;1-2/h2-10,12,24,26H,11,13H2,1H3;1-2H3. The Morgan fingerprint density at radius 2 is 1.79 bits per heavy atom. The van der Waals surface area contributed by atoms with Crippen molar-refractivity contribution in [3.8, 4) is 22.6 Å². The molecule has 0 bridgehead atoms. The van der Waals surface area contributed by atoms with Gasteiger partial charge in [-0.3, -0.25) is 4.79 Å². The van der Waals surface area contributed by atoms with E-state index >= 15 is 0 Å². The van der Waals surface area contributed by atoms with E-state index in [1.165, 1.54) is 12.1 Å². The number of halogens is 1. The highest BCUT2D eigenvalue weighted by molar-refractivity contribution is 6.32. The quantitative estimate of drug-likeness (QED) is 0.492. The Balaban J connectivity index is 0.00000145. The van der Waals surface area contributed by atoms with Gasteiger partial charge in [-0.15, -0.1) is 0 Å². The molecule has 0 atom stereocenters. The van der Waals surface area contributed by atoms with E-state index in [2.05, 4.69) is 0 Å². The van der Waals surface area contributed by atoms with Gasteiger partial charge < -0.3 is 14.9 Å². The van der Waals surface area contributed by atoms with Crippen LogP contribution in [0.2, 0.25) is 5.02 Å². The second-order valence-electron chi connectivity index (χ2n) is 6.20. The van der Waals surface area contributed by atoms with Gasteiger partial charge in [-0.05, 0) is 46.9 Å². The maximum Gasteiger partial charge on any atom is 0.153 e. The molecule has 0 fully saturated rings. The number of hydrogen-bond donors (Lipinski definition) is 2. The molecule has 0 saturated heterocycles. The number of rotatable bonds is 6. The van der Waals surface area contributed by atoms with E-state index in [1.54, 1.807) is 0 Å². The molecular formula is C24H25ClO4. The Morgan fingerprint density at radius 1 is 1.07 bits per heavy atom. The van der Waals surface area contributed by atoms with Crippen LogP contribution in [-0.2, 0) is 13.2 Å². The lowest BCUT2D eigenvalue weighted by molar-refractivity contribution is 0.112. The lowest BCUT2D eigenvalue weighted by Gasteiger charge is -2.14. The Bertz CT molecular complexity index is 983. The molecule has 0 aliphatic heterocycles. The van der Waals surface area contributed by atoms with Crippen LogP contribution in [0.4, 0.5) is 0 Å². The fourth-order valence-electron chi connectivity index (χ4n) is 2.91. The molecular weight excluding hydrogens is 388 g/mol. The van der Waals surface area contributed by atoms with Gasteiger partial charge in [0.2, 0.25) is 0 Å². The van der Waals surface area contributed by atoms with Crippen molar-refractivity contribution in [1.29, 1.82) is 0 Å². The molecule has 0 spiro atoms. The van der Waals surface area contributed by atoms with Crippen LogP contribution in [0.3, 0.4) is 0 Å². The average Bonchev–Trinajstić information content (AvgIpc) is 2.76. The summed E-state index contributed by atoms with van der Waals surface area (Å²) < 4.78 is 5.77. The van der Waals surface area contributed by atoms with Crippen molar-refractivity contribution < 1.29 is 19.7 Å². The van der Waals surface area contributed by atoms with Gasteiger partial charge in [-0.25, -0.2) is 0 Å². The highest BCUT2D eigenvalue weighted by Crippen LogP contribution is 2.33. The van der Waals surface area contributed by atoms with Crippen molar-refractivity contribution in [2.24, 2.45) is 0 Å². The van der Waals surface area contributed by atoms with Gasteiger partial charge in [0.1, 0.15) is 18.1 Å². The van der Waals surface area contributed by atoms with Crippen LogP contribution in [0.1, 0.15) is 40.9 Å². The average molecular weight is 413 g/mol. The number of benzene rings is 3. The summed E-state index contributed by atoms with van der Waals surface area (Å²) in [6.45, 7) is 6.27. The molecule has 0 heterocycles. The molecule has 0 amide bonds. The molecule has 3 rings (SSSR count). The first-order chi connectivity index (χ1) is 14.0. The minimum Gasteiger partial charge on any atom is -0.507 e. The number of aliphatic hydroxyl groups is 1. The van der Waals surface area contributed by atoms with Gasteiger partial charge in [0.25, 0.3) is 0 Å². The molecule has 0 radical (unpaired) electrons. The Labute approximate surface area is 176 Å². The molecule has 0 aliphatic rings. The lowest BCUT2D eigenvalue weighted by atomic mass is 9.95. The molecule has 0 unspecified atom stereocenters. The SMILES string of the molecule is CC.Cc1c(COc2cc(O)c(C=O)cc2Cl)cccc1-c1cccc(CO)c1. The highest BCUT2D eigenvalue weighted by atomic mass is 35.5. The zero-order valence-electron chi connectivity index (χ0n) is 16.8. The van der Waals surface area contributed by atoms with Gasteiger partial charge in [-0.1, -0.05) is 61.8 Å². The van der Waals surface area contributed by atoms with Crippen molar-refractivity contribution in [2.45, 2.75) is 34.0 Å². The molecule has 0 saturated carbocycles. The number of aldehydes is 1. The number of phenolic OH excluding ortho intramolecular Hbond substituents is 1. The number of phenols is 1. The second-order valence-corrected chi connectivity index (χ2v) is 6.60. The normalized spacial score (nSPS) is 10.1. The van der Waals surface area contributed by atoms with Crippen LogP contribution in [-0.4, -0.2) is 16.5 Å². The van der Waals surface area contributed by atoms with Crippen molar-refractivity contribution in [3.63, 3.8) is 0 Å². The Morgan fingerprint density at radius 3 is 2.48 bits per heavy atom. The topological polar surface area (TPSA) is 66.8 Å². The smallest absolute Gasteiger partial charge is 0.153 e. The van der Waals surface area contributed by atoms with Crippen LogP contribution in [0.5, 0.6) is 11.5 Å². The van der Waals surface area contributed by atoms with E-state index in [-0.39, 0.29) is 29.5 Å². The predicted molar refractivity (Wildman–Crippen MR) is 117 cm³/mol. The minimum atomic E-state index is -0.171. The van der Waals surface area contributed by atoms with Crippen LogP contribution in [0, 0.1) is 6.92 Å². The number of ether oxygens (including phenoxy) is 1. The molecule has 0 aliphatic carbocycles. The zero-order valence-corrected chi connectivity index (χ0v) is 17.5. The predicted octanol–water partition coefficient (Wildman–Crippen LogP) is 5.93. The van der Waals surface area contributed by atoms with Crippen LogP contribution >= 0.6 is 11.6 Å². The molecule has 0 aromatic heterocycles. The molecule has 5 heteroatoms. The fraction of sp³-hybridized carbons (Fsp3) is 0.208. The molecule has 152 valence electrons. The first-order valence-electron chi connectivity index (χ1n) is 9.42. The molecule has 4 nitrogen and oxygen atoms in total. The Hall–Kier alpha value is -2.82. The van der Waals surface area contributed by atoms with E-state index in [9.17, 15) is 15.0 Å². The number of hydrogen-bond acceptors (Lipinski definition) is 4. The second kappa shape index (κ2) is 10.6. The van der Waals surface area contributed by atoms with E-state index in [4.69, 9.17) is 16.3 Å². The maximum absolute atomic E-state index is 10.9. The molecule has 29 heavy (non-hydrogen) atoms. The number of carbonyl (C=O) groups excluding carboxylic acids is 1. The number of aliphatic hydroxyl groups excluding tert-OH is 1. The lowest BCUT2D eigenvalue weighted by Crippen LogP contribution is -2.00. The molecule has 3 aromatic rings. The summed E-state index contributed by atoms with van der Waals surface area (Å²) in [5.74, 6) is 0.141. The molecule has 2 N–H and O–H groups in total. The summed E-state index contributed by atoms with van der Waals surface area (Å²) in [5, 5.41) is 19.4. The van der Waals surface area contributed by atoms with E-state index in [1.807, 2.05) is 63.2 Å². The van der Waals surface area contributed by atoms with Crippen molar-refractivity contribution in [1.82, 2.24) is 0 Å². The summed E-state index contributed by atoms with van der Waals surface area (Å²) in [6, 6.07) is 16.4. The van der Waals surface area contributed by atoms with Crippen LogP contribution < -0.4 is 4.74 Å². The summed E-state index contributed by atoms with van der Waals surface area (Å²) in [5.41, 5.74) is 5.07. The first-order valence-corrected chi connectivity index (χ1v) is 9.80. The van der Waals surface area contributed by atoms with Gasteiger partial charge >= 0.3 is 0 Å². The van der Waals surface area contributed by atoms with Gasteiger partial charge in [0, 0.05) is 6.07 Å². The third-order valence-corrected chi connectivity index (χ3v) is 4.75. The third kappa shape index (κ3) is 5.37. The maximum atomic E-state index is 10.9. The van der Waals surface area contributed by atoms with E-state index < -0.39 is 0 Å².